The first kappa shape index (κ1) is 28.1. The predicted molar refractivity (Wildman–Crippen MR) is 131 cm³/mol. The lowest BCUT2D eigenvalue weighted by atomic mass is 9.85. The van der Waals surface area contributed by atoms with E-state index in [1.54, 1.807) is 24.3 Å². The number of aryl methyl sites for hydroxylation is 1. The third kappa shape index (κ3) is 8.02. The fourth-order valence-electron chi connectivity index (χ4n) is 3.68. The van der Waals surface area contributed by atoms with Gasteiger partial charge in [0.15, 0.2) is 11.6 Å². The Hall–Kier alpha value is -4.47. The molecule has 0 fully saturated rings. The van der Waals surface area contributed by atoms with Gasteiger partial charge in [0, 0.05) is 29.7 Å². The number of ether oxygens (including phenoxy) is 1. The molecule has 198 valence electrons. The average Bonchev–Trinajstić information content (AvgIpc) is 2.86. The highest BCUT2D eigenvalue weighted by Crippen LogP contribution is 2.28. The van der Waals surface area contributed by atoms with Crippen LogP contribution < -0.4 is 10.1 Å². The first-order valence-electron chi connectivity index (χ1n) is 11.5. The van der Waals surface area contributed by atoms with Gasteiger partial charge in [0.25, 0.3) is 5.91 Å². The minimum atomic E-state index is -4.86. The van der Waals surface area contributed by atoms with E-state index in [0.717, 1.165) is 17.7 Å². The van der Waals surface area contributed by atoms with Crippen molar-refractivity contribution in [1.82, 2.24) is 5.32 Å². The number of nitrogens with one attached hydrogen (secondary N) is 1. The van der Waals surface area contributed by atoms with E-state index >= 15 is 0 Å². The fraction of sp³-hybridized carbons (Fsp3) is 0.214. The molecule has 0 saturated heterocycles. The Morgan fingerprint density at radius 2 is 1.39 bits per heavy atom. The average molecular weight is 527 g/mol. The van der Waals surface area contributed by atoms with E-state index in [-0.39, 0.29) is 36.3 Å². The minimum Gasteiger partial charge on any atom is -0.481 e. The molecule has 0 spiro atoms. The number of rotatable bonds is 11. The Bertz CT molecular complexity index is 1300. The first-order chi connectivity index (χ1) is 17.9. The number of carboxylic acid groups (broad SMARTS) is 1. The molecular formula is C28H24F3NO6. The third-order valence-electron chi connectivity index (χ3n) is 5.65. The summed E-state index contributed by atoms with van der Waals surface area (Å²) in [6.45, 7) is 1.81. The van der Waals surface area contributed by atoms with Crippen LogP contribution in [0.5, 0.6) is 5.75 Å². The zero-order valence-electron chi connectivity index (χ0n) is 20.2. The number of carbonyl (C=O) groups excluding carboxylic acids is 3. The van der Waals surface area contributed by atoms with Crippen molar-refractivity contribution in [2.24, 2.45) is 0 Å². The van der Waals surface area contributed by atoms with Crippen molar-refractivity contribution in [2.75, 3.05) is 6.54 Å². The Morgan fingerprint density at radius 3 is 1.95 bits per heavy atom. The molecule has 38 heavy (non-hydrogen) atoms. The molecule has 0 aliphatic rings. The molecule has 2 N–H and O–H groups in total. The van der Waals surface area contributed by atoms with Gasteiger partial charge in [-0.2, -0.15) is 0 Å². The van der Waals surface area contributed by atoms with Crippen molar-refractivity contribution in [1.29, 1.82) is 0 Å². The van der Waals surface area contributed by atoms with Gasteiger partial charge in [-0.15, -0.1) is 13.2 Å². The van der Waals surface area contributed by atoms with E-state index < -0.39 is 35.7 Å². The Morgan fingerprint density at radius 1 is 0.842 bits per heavy atom. The first-order valence-corrected chi connectivity index (χ1v) is 11.5. The van der Waals surface area contributed by atoms with E-state index in [2.05, 4.69) is 10.1 Å². The molecule has 3 aromatic carbocycles. The van der Waals surface area contributed by atoms with Crippen LogP contribution >= 0.6 is 0 Å². The minimum absolute atomic E-state index is 0.0498. The molecule has 1 amide bonds. The summed E-state index contributed by atoms with van der Waals surface area (Å²) >= 11 is 0. The highest BCUT2D eigenvalue weighted by atomic mass is 19.4. The van der Waals surface area contributed by atoms with Gasteiger partial charge in [0.1, 0.15) is 5.75 Å². The predicted octanol–water partition coefficient (Wildman–Crippen LogP) is 5.34. The van der Waals surface area contributed by atoms with E-state index in [0.29, 0.717) is 11.1 Å². The molecule has 0 aliphatic carbocycles. The van der Waals surface area contributed by atoms with Gasteiger partial charge >= 0.3 is 12.3 Å². The molecular weight excluding hydrogens is 503 g/mol. The topological polar surface area (TPSA) is 110 Å². The number of alkyl halides is 3. The smallest absolute Gasteiger partial charge is 0.481 e. The number of amides is 1. The van der Waals surface area contributed by atoms with Crippen molar-refractivity contribution in [3.8, 4) is 5.75 Å². The van der Waals surface area contributed by atoms with Crippen LogP contribution in [0.4, 0.5) is 13.2 Å². The summed E-state index contributed by atoms with van der Waals surface area (Å²) in [5, 5.41) is 11.2. The number of Topliss-reactive ketones (excluding diaryl/α,β-unsaturated/α-hetero) is 2. The molecule has 1 atom stereocenters. The molecule has 10 heteroatoms. The molecule has 3 rings (SSSR count). The standard InChI is InChI=1S/C28H24F3NO6/c1-17-2-4-20(5-3-17)26(36)23(16-24(33)19-10-12-22(13-11-19)38-28(29,30)31)18-6-8-21(9-7-18)27(37)32-15-14-25(34)35/h2-13,23H,14-16H2,1H3,(H,32,37)(H,34,35). The van der Waals surface area contributed by atoms with Gasteiger partial charge in [-0.25, -0.2) is 0 Å². The van der Waals surface area contributed by atoms with E-state index in [1.807, 2.05) is 6.92 Å². The number of hydrogen-bond acceptors (Lipinski definition) is 5. The highest BCUT2D eigenvalue weighted by Gasteiger charge is 2.31. The number of ketones is 2. The number of benzene rings is 3. The lowest BCUT2D eigenvalue weighted by molar-refractivity contribution is -0.274. The van der Waals surface area contributed by atoms with Crippen molar-refractivity contribution in [3.63, 3.8) is 0 Å². The fourth-order valence-corrected chi connectivity index (χ4v) is 3.68. The number of carboxylic acids is 1. The van der Waals surface area contributed by atoms with Crippen molar-refractivity contribution >= 4 is 23.4 Å². The number of hydrogen-bond donors (Lipinski definition) is 2. The molecule has 0 heterocycles. The zero-order chi connectivity index (χ0) is 27.9. The molecule has 0 saturated carbocycles. The highest BCUT2D eigenvalue weighted by molar-refractivity contribution is 6.06. The second-order valence-corrected chi connectivity index (χ2v) is 8.50. The third-order valence-corrected chi connectivity index (χ3v) is 5.65. The van der Waals surface area contributed by atoms with E-state index in [1.165, 1.54) is 36.4 Å². The quantitative estimate of drug-likeness (QED) is 0.326. The number of aliphatic carboxylic acids is 1. The molecule has 7 nitrogen and oxygen atoms in total. The Kier molecular flexibility index (Phi) is 9.01. The maximum Gasteiger partial charge on any atom is 0.573 e. The molecule has 0 aromatic heterocycles. The van der Waals surface area contributed by atoms with Crippen LogP contribution in [0.15, 0.2) is 72.8 Å². The molecule has 1 unspecified atom stereocenters. The van der Waals surface area contributed by atoms with E-state index in [9.17, 15) is 32.3 Å². The summed E-state index contributed by atoms with van der Waals surface area (Å²) in [4.78, 5) is 49.4. The zero-order valence-corrected chi connectivity index (χ0v) is 20.2. The summed E-state index contributed by atoms with van der Waals surface area (Å²) in [6.07, 6.45) is -5.37. The van der Waals surface area contributed by atoms with Gasteiger partial charge in [-0.05, 0) is 48.9 Å². The summed E-state index contributed by atoms with van der Waals surface area (Å²) in [6, 6.07) is 17.3. The molecule has 0 bridgehead atoms. The van der Waals surface area contributed by atoms with Crippen LogP contribution in [0.25, 0.3) is 0 Å². The number of carbonyl (C=O) groups is 4. The van der Waals surface area contributed by atoms with Crippen LogP contribution in [-0.2, 0) is 4.79 Å². The summed E-state index contributed by atoms with van der Waals surface area (Å²) < 4.78 is 41.1. The Labute approximate surface area is 216 Å². The van der Waals surface area contributed by atoms with Crippen LogP contribution in [0.1, 0.15) is 61.0 Å². The summed E-state index contributed by atoms with van der Waals surface area (Å²) in [7, 11) is 0. The maximum absolute atomic E-state index is 13.4. The Balaban J connectivity index is 1.83. The van der Waals surface area contributed by atoms with Crippen LogP contribution in [0, 0.1) is 6.92 Å². The number of halogens is 3. The van der Waals surface area contributed by atoms with Crippen LogP contribution in [0.2, 0.25) is 0 Å². The van der Waals surface area contributed by atoms with E-state index in [4.69, 9.17) is 5.11 Å². The molecule has 0 aliphatic heterocycles. The van der Waals surface area contributed by atoms with Crippen molar-refractivity contribution < 1.29 is 42.2 Å². The van der Waals surface area contributed by atoms with Gasteiger partial charge in [-0.3, -0.25) is 19.2 Å². The van der Waals surface area contributed by atoms with Gasteiger partial charge < -0.3 is 15.2 Å². The normalized spacial score (nSPS) is 11.9. The SMILES string of the molecule is Cc1ccc(C(=O)C(CC(=O)c2ccc(OC(F)(F)F)cc2)c2ccc(C(=O)NCCC(=O)O)cc2)cc1. The van der Waals surface area contributed by atoms with Crippen LogP contribution in [-0.4, -0.2) is 41.5 Å². The molecule has 0 radical (unpaired) electrons. The second kappa shape index (κ2) is 12.2. The monoisotopic (exact) mass is 527 g/mol. The summed E-state index contributed by atoms with van der Waals surface area (Å²) in [5.74, 6) is -3.75. The summed E-state index contributed by atoms with van der Waals surface area (Å²) in [5.41, 5.74) is 2.12. The lowest BCUT2D eigenvalue weighted by Crippen LogP contribution is -2.26. The van der Waals surface area contributed by atoms with Gasteiger partial charge in [-0.1, -0.05) is 42.0 Å². The second-order valence-electron chi connectivity index (χ2n) is 8.50. The van der Waals surface area contributed by atoms with Gasteiger partial charge in [0.2, 0.25) is 0 Å². The van der Waals surface area contributed by atoms with Gasteiger partial charge in [0.05, 0.1) is 12.3 Å². The maximum atomic E-state index is 13.4. The molecule has 3 aromatic rings. The van der Waals surface area contributed by atoms with Crippen molar-refractivity contribution in [2.45, 2.75) is 32.0 Å². The lowest BCUT2D eigenvalue weighted by Gasteiger charge is -2.17. The van der Waals surface area contributed by atoms with Crippen LogP contribution in [0.3, 0.4) is 0 Å². The van der Waals surface area contributed by atoms with Crippen molar-refractivity contribution in [3.05, 3.63) is 101 Å². The largest absolute Gasteiger partial charge is 0.573 e.